The normalized spacial score (nSPS) is 11.4. The Morgan fingerprint density at radius 1 is 1.56 bits per heavy atom. The smallest absolute Gasteiger partial charge is 0.224 e. The summed E-state index contributed by atoms with van der Waals surface area (Å²) in [5, 5.41) is 11.8. The molecule has 0 aromatic heterocycles. The lowest BCUT2D eigenvalue weighted by atomic mass is 10.2. The third-order valence-corrected chi connectivity index (χ3v) is 2.63. The van der Waals surface area contributed by atoms with Gasteiger partial charge in [-0.1, -0.05) is 30.7 Å². The Kier molecular flexibility index (Phi) is 6.03. The molecule has 0 saturated carbocycles. The second kappa shape index (κ2) is 7.57. The maximum absolute atomic E-state index is 11.5. The molecular weight excluding hydrogens is 252 g/mol. The Balaban J connectivity index is 2.32. The van der Waals surface area contributed by atoms with Crippen molar-refractivity contribution in [1.29, 1.82) is 5.26 Å². The molecular formula is C13H15ClN2O2. The molecule has 4 nitrogen and oxygen atoms in total. The van der Waals surface area contributed by atoms with Crippen molar-refractivity contribution in [1.82, 2.24) is 5.32 Å². The average Bonchev–Trinajstić information content (AvgIpc) is 2.38. The molecule has 0 aliphatic rings. The molecule has 0 bridgehead atoms. The van der Waals surface area contributed by atoms with Gasteiger partial charge in [0.1, 0.15) is 11.8 Å². The zero-order valence-corrected chi connectivity index (χ0v) is 10.9. The van der Waals surface area contributed by atoms with Crippen molar-refractivity contribution in [2.75, 3.05) is 6.61 Å². The maximum atomic E-state index is 11.5. The molecule has 0 aliphatic heterocycles. The minimum atomic E-state index is -0.433. The van der Waals surface area contributed by atoms with Gasteiger partial charge in [0.2, 0.25) is 5.91 Å². The Labute approximate surface area is 112 Å². The predicted molar refractivity (Wildman–Crippen MR) is 69.4 cm³/mol. The predicted octanol–water partition coefficient (Wildman–Crippen LogP) is 2.53. The van der Waals surface area contributed by atoms with Gasteiger partial charge in [-0.05, 0) is 18.6 Å². The quantitative estimate of drug-likeness (QED) is 0.861. The number of nitriles is 1. The molecule has 0 aliphatic carbocycles. The number of hydrogen-bond donors (Lipinski definition) is 1. The van der Waals surface area contributed by atoms with Crippen LogP contribution in [-0.4, -0.2) is 18.6 Å². The molecule has 1 atom stereocenters. The summed E-state index contributed by atoms with van der Waals surface area (Å²) in [6.07, 6.45) is 0.789. The monoisotopic (exact) mass is 266 g/mol. The van der Waals surface area contributed by atoms with Gasteiger partial charge in [-0.2, -0.15) is 5.26 Å². The lowest BCUT2D eigenvalue weighted by Gasteiger charge is -2.10. The van der Waals surface area contributed by atoms with Gasteiger partial charge in [0.25, 0.3) is 0 Å². The Hall–Kier alpha value is -1.73. The second-order valence-corrected chi connectivity index (χ2v) is 4.09. The van der Waals surface area contributed by atoms with E-state index >= 15 is 0 Å². The van der Waals surface area contributed by atoms with Crippen LogP contribution in [0.2, 0.25) is 5.02 Å². The Morgan fingerprint density at radius 3 is 2.89 bits per heavy atom. The van der Waals surface area contributed by atoms with E-state index in [4.69, 9.17) is 21.6 Å². The largest absolute Gasteiger partial charge is 0.491 e. The fourth-order valence-electron chi connectivity index (χ4n) is 1.31. The minimum absolute atomic E-state index is 0.198. The molecule has 0 radical (unpaired) electrons. The van der Waals surface area contributed by atoms with Crippen LogP contribution < -0.4 is 10.1 Å². The number of halogens is 1. The van der Waals surface area contributed by atoms with E-state index in [0.29, 0.717) is 17.2 Å². The lowest BCUT2D eigenvalue weighted by molar-refractivity contribution is -0.121. The molecule has 18 heavy (non-hydrogen) atoms. The summed E-state index contributed by atoms with van der Waals surface area (Å²) in [6.45, 7) is 2.08. The number of carbonyl (C=O) groups is 1. The van der Waals surface area contributed by atoms with Crippen molar-refractivity contribution in [2.24, 2.45) is 0 Å². The van der Waals surface area contributed by atoms with Crippen molar-refractivity contribution in [3.63, 3.8) is 0 Å². The SMILES string of the molecule is CC[C@@H](C#N)NC(=O)CCOc1ccccc1Cl. The fourth-order valence-corrected chi connectivity index (χ4v) is 1.50. The summed E-state index contributed by atoms with van der Waals surface area (Å²) >= 11 is 5.90. The Morgan fingerprint density at radius 2 is 2.28 bits per heavy atom. The molecule has 0 fully saturated rings. The molecule has 1 aromatic rings. The summed E-state index contributed by atoms with van der Waals surface area (Å²) in [4.78, 5) is 11.5. The number of benzene rings is 1. The van der Waals surface area contributed by atoms with Crippen LogP contribution in [0.15, 0.2) is 24.3 Å². The molecule has 1 N–H and O–H groups in total. The summed E-state index contributed by atoms with van der Waals surface area (Å²) < 4.78 is 5.38. The molecule has 1 amide bonds. The summed E-state index contributed by atoms with van der Waals surface area (Å²) in [6, 6.07) is 8.65. The van der Waals surface area contributed by atoms with Crippen LogP contribution in [0, 0.1) is 11.3 Å². The van der Waals surface area contributed by atoms with E-state index in [1.165, 1.54) is 0 Å². The van der Waals surface area contributed by atoms with Crippen molar-refractivity contribution in [3.8, 4) is 11.8 Å². The van der Waals surface area contributed by atoms with Gasteiger partial charge >= 0.3 is 0 Å². The van der Waals surface area contributed by atoms with E-state index < -0.39 is 6.04 Å². The van der Waals surface area contributed by atoms with E-state index in [0.717, 1.165) is 0 Å². The highest BCUT2D eigenvalue weighted by Crippen LogP contribution is 2.22. The molecule has 0 unspecified atom stereocenters. The topological polar surface area (TPSA) is 62.1 Å². The van der Waals surface area contributed by atoms with E-state index in [-0.39, 0.29) is 18.9 Å². The lowest BCUT2D eigenvalue weighted by Crippen LogP contribution is -2.33. The van der Waals surface area contributed by atoms with Gasteiger partial charge < -0.3 is 10.1 Å². The number of amides is 1. The first kappa shape index (κ1) is 14.3. The first-order valence-electron chi connectivity index (χ1n) is 5.73. The number of nitrogens with one attached hydrogen (secondary N) is 1. The summed E-state index contributed by atoms with van der Waals surface area (Å²) in [5.41, 5.74) is 0. The molecule has 96 valence electrons. The van der Waals surface area contributed by atoms with Crippen LogP contribution in [0.5, 0.6) is 5.75 Å². The standard InChI is InChI=1S/C13H15ClN2O2/c1-2-10(9-15)16-13(17)7-8-18-12-6-4-3-5-11(12)14/h3-6,10H,2,7-8H2,1H3,(H,16,17)/t10-/m0/s1. The fraction of sp³-hybridized carbons (Fsp3) is 0.385. The van der Waals surface area contributed by atoms with Crippen LogP contribution in [0.4, 0.5) is 0 Å². The molecule has 0 saturated heterocycles. The van der Waals surface area contributed by atoms with Crippen LogP contribution >= 0.6 is 11.6 Å². The van der Waals surface area contributed by atoms with Gasteiger partial charge in [0.15, 0.2) is 0 Å². The van der Waals surface area contributed by atoms with Gasteiger partial charge in [-0.3, -0.25) is 4.79 Å². The van der Waals surface area contributed by atoms with Crippen molar-refractivity contribution < 1.29 is 9.53 Å². The minimum Gasteiger partial charge on any atom is -0.491 e. The molecule has 0 heterocycles. The number of para-hydroxylation sites is 1. The van der Waals surface area contributed by atoms with E-state index in [9.17, 15) is 4.79 Å². The average molecular weight is 267 g/mol. The maximum Gasteiger partial charge on any atom is 0.224 e. The van der Waals surface area contributed by atoms with Crippen molar-refractivity contribution >= 4 is 17.5 Å². The zero-order valence-electron chi connectivity index (χ0n) is 10.1. The van der Waals surface area contributed by atoms with E-state index in [1.807, 2.05) is 19.1 Å². The molecule has 5 heteroatoms. The number of rotatable bonds is 6. The highest BCUT2D eigenvalue weighted by molar-refractivity contribution is 6.32. The van der Waals surface area contributed by atoms with Gasteiger partial charge in [-0.15, -0.1) is 0 Å². The number of nitrogens with zero attached hydrogens (tertiary/aromatic N) is 1. The van der Waals surface area contributed by atoms with Crippen molar-refractivity contribution in [3.05, 3.63) is 29.3 Å². The highest BCUT2D eigenvalue weighted by atomic mass is 35.5. The van der Waals surface area contributed by atoms with Crippen LogP contribution in [0.1, 0.15) is 19.8 Å². The van der Waals surface area contributed by atoms with Gasteiger partial charge in [-0.25, -0.2) is 0 Å². The van der Waals surface area contributed by atoms with Crippen LogP contribution in [-0.2, 0) is 4.79 Å². The third kappa shape index (κ3) is 4.64. The van der Waals surface area contributed by atoms with E-state index in [1.54, 1.807) is 18.2 Å². The van der Waals surface area contributed by atoms with Gasteiger partial charge in [0, 0.05) is 0 Å². The summed E-state index contributed by atoms with van der Waals surface area (Å²) in [7, 11) is 0. The molecule has 0 spiro atoms. The van der Waals surface area contributed by atoms with Crippen molar-refractivity contribution in [2.45, 2.75) is 25.8 Å². The summed E-state index contributed by atoms with van der Waals surface area (Å²) in [5.74, 6) is 0.356. The number of hydrogen-bond acceptors (Lipinski definition) is 3. The van der Waals surface area contributed by atoms with E-state index in [2.05, 4.69) is 5.32 Å². The number of ether oxygens (including phenoxy) is 1. The molecule has 1 aromatic carbocycles. The highest BCUT2D eigenvalue weighted by Gasteiger charge is 2.09. The first-order chi connectivity index (χ1) is 8.67. The number of carbonyl (C=O) groups excluding carboxylic acids is 1. The Bertz CT molecular complexity index is 443. The second-order valence-electron chi connectivity index (χ2n) is 3.69. The molecule has 1 rings (SSSR count). The third-order valence-electron chi connectivity index (χ3n) is 2.32. The zero-order chi connectivity index (χ0) is 13.4. The van der Waals surface area contributed by atoms with Crippen LogP contribution in [0.3, 0.4) is 0 Å². The first-order valence-corrected chi connectivity index (χ1v) is 6.11. The van der Waals surface area contributed by atoms with Crippen LogP contribution in [0.25, 0.3) is 0 Å². The van der Waals surface area contributed by atoms with Gasteiger partial charge in [0.05, 0.1) is 24.1 Å².